The first-order chi connectivity index (χ1) is 10.8. The van der Waals surface area contributed by atoms with Crippen LogP contribution in [0.1, 0.15) is 45.0 Å². The number of carbonyl (C=O) groups is 1. The molecular formula is C21H27NO. The lowest BCUT2D eigenvalue weighted by Crippen LogP contribution is -2.53. The summed E-state index contributed by atoms with van der Waals surface area (Å²) in [5.74, 6) is 0.736. The second kappa shape index (κ2) is 6.99. The van der Waals surface area contributed by atoms with Gasteiger partial charge in [-0.05, 0) is 42.0 Å². The van der Waals surface area contributed by atoms with Gasteiger partial charge >= 0.3 is 0 Å². The Balaban J connectivity index is 2.18. The zero-order valence-electron chi connectivity index (χ0n) is 14.8. The van der Waals surface area contributed by atoms with Gasteiger partial charge in [-0.1, -0.05) is 70.2 Å². The van der Waals surface area contributed by atoms with Crippen molar-refractivity contribution in [3.05, 3.63) is 60.2 Å². The van der Waals surface area contributed by atoms with E-state index in [-0.39, 0.29) is 11.4 Å². The maximum absolute atomic E-state index is 12.6. The van der Waals surface area contributed by atoms with E-state index < -0.39 is 0 Å². The Bertz CT molecular complexity index is 633. The van der Waals surface area contributed by atoms with Crippen LogP contribution in [0.5, 0.6) is 0 Å². The molecule has 0 fully saturated rings. The van der Waals surface area contributed by atoms with Crippen LogP contribution in [0.2, 0.25) is 0 Å². The van der Waals surface area contributed by atoms with E-state index in [1.807, 2.05) is 42.5 Å². The maximum atomic E-state index is 12.6. The van der Waals surface area contributed by atoms with Gasteiger partial charge in [0.1, 0.15) is 0 Å². The first kappa shape index (κ1) is 17.3. The van der Waals surface area contributed by atoms with Crippen molar-refractivity contribution in [3.63, 3.8) is 0 Å². The molecular weight excluding hydrogens is 282 g/mol. The molecule has 0 unspecified atom stereocenters. The first-order valence-electron chi connectivity index (χ1n) is 8.32. The van der Waals surface area contributed by atoms with Crippen LogP contribution in [0.4, 0.5) is 0 Å². The SMILES string of the molecule is CC(C)C(C)(NC(=O)c1ccc(-c2ccccc2)cc1)C(C)C. The van der Waals surface area contributed by atoms with Gasteiger partial charge in [0, 0.05) is 11.1 Å². The molecule has 0 aliphatic heterocycles. The van der Waals surface area contributed by atoms with Gasteiger partial charge in [0.05, 0.1) is 0 Å². The fourth-order valence-electron chi connectivity index (χ4n) is 2.72. The van der Waals surface area contributed by atoms with Crippen molar-refractivity contribution in [1.29, 1.82) is 0 Å². The standard InChI is InChI=1S/C21H27NO/c1-15(2)21(5,16(3)4)22-20(23)19-13-11-18(12-14-19)17-9-7-6-8-10-17/h6-16H,1-5H3,(H,22,23). The average Bonchev–Trinajstić information content (AvgIpc) is 2.55. The fraction of sp³-hybridized carbons (Fsp3) is 0.381. The third-order valence-corrected chi connectivity index (χ3v) is 5.04. The summed E-state index contributed by atoms with van der Waals surface area (Å²) in [6.07, 6.45) is 0. The van der Waals surface area contributed by atoms with Crippen molar-refractivity contribution < 1.29 is 4.79 Å². The van der Waals surface area contributed by atoms with Gasteiger partial charge in [0.25, 0.3) is 5.91 Å². The zero-order chi connectivity index (χ0) is 17.0. The van der Waals surface area contributed by atoms with Crippen LogP contribution >= 0.6 is 0 Å². The Morgan fingerprint density at radius 2 is 1.30 bits per heavy atom. The van der Waals surface area contributed by atoms with Gasteiger partial charge in [-0.15, -0.1) is 0 Å². The van der Waals surface area contributed by atoms with E-state index in [2.05, 4.69) is 52.1 Å². The third kappa shape index (κ3) is 3.82. The van der Waals surface area contributed by atoms with Gasteiger partial charge in [-0.2, -0.15) is 0 Å². The number of rotatable bonds is 5. The fourth-order valence-corrected chi connectivity index (χ4v) is 2.72. The Morgan fingerprint density at radius 3 is 1.78 bits per heavy atom. The molecule has 0 bridgehead atoms. The summed E-state index contributed by atoms with van der Waals surface area (Å²) >= 11 is 0. The predicted molar refractivity (Wildman–Crippen MR) is 97.4 cm³/mol. The van der Waals surface area contributed by atoms with E-state index in [0.29, 0.717) is 17.4 Å². The van der Waals surface area contributed by atoms with Crippen LogP contribution in [-0.4, -0.2) is 11.4 Å². The summed E-state index contributed by atoms with van der Waals surface area (Å²) < 4.78 is 0. The summed E-state index contributed by atoms with van der Waals surface area (Å²) in [7, 11) is 0. The topological polar surface area (TPSA) is 29.1 Å². The predicted octanol–water partition coefficient (Wildman–Crippen LogP) is 5.15. The van der Waals surface area contributed by atoms with E-state index in [4.69, 9.17) is 0 Å². The van der Waals surface area contributed by atoms with Crippen molar-refractivity contribution in [2.45, 2.75) is 40.2 Å². The molecule has 1 amide bonds. The summed E-state index contributed by atoms with van der Waals surface area (Å²) in [6.45, 7) is 10.7. The smallest absolute Gasteiger partial charge is 0.251 e. The third-order valence-electron chi connectivity index (χ3n) is 5.04. The largest absolute Gasteiger partial charge is 0.346 e. The Hall–Kier alpha value is -2.09. The molecule has 0 aromatic heterocycles. The van der Waals surface area contributed by atoms with Crippen molar-refractivity contribution in [2.24, 2.45) is 11.8 Å². The minimum atomic E-state index is -0.213. The van der Waals surface area contributed by atoms with Crippen LogP contribution in [0.3, 0.4) is 0 Å². The molecule has 0 aliphatic carbocycles. The number of hydrogen-bond acceptors (Lipinski definition) is 1. The highest BCUT2D eigenvalue weighted by Crippen LogP contribution is 2.26. The van der Waals surface area contributed by atoms with Gasteiger partial charge < -0.3 is 5.32 Å². The summed E-state index contributed by atoms with van der Waals surface area (Å²) in [5, 5.41) is 3.23. The van der Waals surface area contributed by atoms with Crippen LogP contribution in [0, 0.1) is 11.8 Å². The number of hydrogen-bond donors (Lipinski definition) is 1. The molecule has 0 atom stereocenters. The molecule has 2 rings (SSSR count). The van der Waals surface area contributed by atoms with Crippen LogP contribution < -0.4 is 5.32 Å². The molecule has 2 heteroatoms. The lowest BCUT2D eigenvalue weighted by atomic mass is 9.78. The molecule has 0 heterocycles. The van der Waals surface area contributed by atoms with E-state index in [1.165, 1.54) is 0 Å². The highest BCUT2D eigenvalue weighted by atomic mass is 16.1. The molecule has 23 heavy (non-hydrogen) atoms. The number of carbonyl (C=O) groups excluding carboxylic acids is 1. The maximum Gasteiger partial charge on any atom is 0.251 e. The van der Waals surface area contributed by atoms with Crippen molar-refractivity contribution in [3.8, 4) is 11.1 Å². The van der Waals surface area contributed by atoms with Crippen LogP contribution in [-0.2, 0) is 0 Å². The number of benzene rings is 2. The first-order valence-corrected chi connectivity index (χ1v) is 8.32. The molecule has 0 spiro atoms. The van der Waals surface area contributed by atoms with Crippen LogP contribution in [0.25, 0.3) is 11.1 Å². The second-order valence-electron chi connectivity index (χ2n) is 6.99. The lowest BCUT2D eigenvalue weighted by molar-refractivity contribution is 0.0829. The van der Waals surface area contributed by atoms with E-state index in [1.54, 1.807) is 0 Å². The van der Waals surface area contributed by atoms with Gasteiger partial charge in [-0.25, -0.2) is 0 Å². The molecule has 0 radical (unpaired) electrons. The van der Waals surface area contributed by atoms with Gasteiger partial charge in [-0.3, -0.25) is 4.79 Å². The Labute approximate surface area is 139 Å². The molecule has 0 aliphatic rings. The molecule has 2 aromatic rings. The Kier molecular flexibility index (Phi) is 5.25. The highest BCUT2D eigenvalue weighted by Gasteiger charge is 2.33. The Morgan fingerprint density at radius 1 is 0.826 bits per heavy atom. The van der Waals surface area contributed by atoms with E-state index >= 15 is 0 Å². The summed E-state index contributed by atoms with van der Waals surface area (Å²) in [6, 6.07) is 18.0. The van der Waals surface area contributed by atoms with Crippen LogP contribution in [0.15, 0.2) is 54.6 Å². The highest BCUT2D eigenvalue weighted by molar-refractivity contribution is 5.95. The molecule has 0 saturated carbocycles. The normalized spacial score (nSPS) is 11.8. The zero-order valence-corrected chi connectivity index (χ0v) is 14.8. The minimum Gasteiger partial charge on any atom is -0.346 e. The van der Waals surface area contributed by atoms with Crippen molar-refractivity contribution in [2.75, 3.05) is 0 Å². The molecule has 0 saturated heterocycles. The molecule has 122 valence electrons. The minimum absolute atomic E-state index is 0.00508. The lowest BCUT2D eigenvalue weighted by Gasteiger charge is -2.38. The van der Waals surface area contributed by atoms with Gasteiger partial charge in [0.15, 0.2) is 0 Å². The van der Waals surface area contributed by atoms with Crippen molar-refractivity contribution >= 4 is 5.91 Å². The quantitative estimate of drug-likeness (QED) is 0.812. The van der Waals surface area contributed by atoms with E-state index in [9.17, 15) is 4.79 Å². The average molecular weight is 309 g/mol. The number of nitrogens with one attached hydrogen (secondary N) is 1. The number of amides is 1. The summed E-state index contributed by atoms with van der Waals surface area (Å²) in [5.41, 5.74) is 2.78. The summed E-state index contributed by atoms with van der Waals surface area (Å²) in [4.78, 5) is 12.6. The van der Waals surface area contributed by atoms with Crippen molar-refractivity contribution in [1.82, 2.24) is 5.32 Å². The van der Waals surface area contributed by atoms with E-state index in [0.717, 1.165) is 11.1 Å². The molecule has 2 nitrogen and oxygen atoms in total. The monoisotopic (exact) mass is 309 g/mol. The molecule has 1 N–H and O–H groups in total. The van der Waals surface area contributed by atoms with Gasteiger partial charge in [0.2, 0.25) is 0 Å². The molecule has 2 aromatic carbocycles. The second-order valence-corrected chi connectivity index (χ2v) is 6.99.